The van der Waals surface area contributed by atoms with Crippen LogP contribution in [0.25, 0.3) is 0 Å². The summed E-state index contributed by atoms with van der Waals surface area (Å²) in [5, 5.41) is 2.69. The number of nitrogens with one attached hydrogen (secondary N) is 1. The Bertz CT molecular complexity index is 592. The van der Waals surface area contributed by atoms with Crippen LogP contribution < -0.4 is 5.32 Å². The van der Waals surface area contributed by atoms with Gasteiger partial charge in [0, 0.05) is 13.5 Å². The molecule has 24 heavy (non-hydrogen) atoms. The summed E-state index contributed by atoms with van der Waals surface area (Å²) in [6.45, 7) is 3.93. The van der Waals surface area contributed by atoms with E-state index in [1.165, 1.54) is 6.92 Å². The van der Waals surface area contributed by atoms with Crippen molar-refractivity contribution in [1.29, 1.82) is 0 Å². The first-order valence-electron chi connectivity index (χ1n) is 8.19. The smallest absolute Gasteiger partial charge is 0.338 e. The summed E-state index contributed by atoms with van der Waals surface area (Å²) in [7, 11) is 0. The molecular formula is C18H23NO5. The Kier molecular flexibility index (Phi) is 6.35. The minimum Gasteiger partial charge on any atom is -0.466 e. The zero-order valence-corrected chi connectivity index (χ0v) is 14.0. The van der Waals surface area contributed by atoms with Crippen LogP contribution in [0.3, 0.4) is 0 Å². The van der Waals surface area contributed by atoms with Crippen molar-refractivity contribution >= 4 is 17.8 Å². The highest BCUT2D eigenvalue weighted by atomic mass is 16.6. The monoisotopic (exact) mass is 333 g/mol. The molecule has 1 N–H and O–H groups in total. The van der Waals surface area contributed by atoms with Gasteiger partial charge < -0.3 is 14.8 Å². The molecular weight excluding hydrogens is 310 g/mol. The second-order valence-electron chi connectivity index (χ2n) is 5.90. The van der Waals surface area contributed by atoms with Crippen LogP contribution in [0.2, 0.25) is 0 Å². The van der Waals surface area contributed by atoms with E-state index in [4.69, 9.17) is 9.47 Å². The largest absolute Gasteiger partial charge is 0.466 e. The van der Waals surface area contributed by atoms with E-state index in [9.17, 15) is 14.4 Å². The summed E-state index contributed by atoms with van der Waals surface area (Å²) < 4.78 is 10.4. The predicted molar refractivity (Wildman–Crippen MR) is 87.1 cm³/mol. The van der Waals surface area contributed by atoms with Crippen LogP contribution in [0.1, 0.15) is 49.0 Å². The number of ether oxygens (including phenoxy) is 2. The van der Waals surface area contributed by atoms with Gasteiger partial charge in [0.1, 0.15) is 6.10 Å². The van der Waals surface area contributed by atoms with Gasteiger partial charge in [-0.15, -0.1) is 0 Å². The highest BCUT2D eigenvalue weighted by Crippen LogP contribution is 2.36. The number of rotatable bonds is 8. The number of carbonyl (C=O) groups is 3. The number of hydrogen-bond acceptors (Lipinski definition) is 5. The summed E-state index contributed by atoms with van der Waals surface area (Å²) in [6.07, 6.45) is 1.61. The Balaban J connectivity index is 1.91. The minimum atomic E-state index is -0.442. The number of carbonyl (C=O) groups excluding carboxylic acids is 3. The molecule has 1 fully saturated rings. The summed E-state index contributed by atoms with van der Waals surface area (Å²) >= 11 is 0. The third-order valence-corrected chi connectivity index (χ3v) is 3.81. The van der Waals surface area contributed by atoms with E-state index >= 15 is 0 Å². The Labute approximate surface area is 141 Å². The first-order valence-corrected chi connectivity index (χ1v) is 8.19. The molecule has 1 aromatic rings. The molecule has 1 amide bonds. The zero-order chi connectivity index (χ0) is 17.5. The molecule has 0 radical (unpaired) electrons. The van der Waals surface area contributed by atoms with Gasteiger partial charge in [0.25, 0.3) is 0 Å². The number of esters is 2. The van der Waals surface area contributed by atoms with Gasteiger partial charge in [-0.2, -0.15) is 0 Å². The molecule has 0 saturated heterocycles. The summed E-state index contributed by atoms with van der Waals surface area (Å²) in [5.74, 6) is -0.641. The Morgan fingerprint density at radius 3 is 2.42 bits per heavy atom. The maximum absolute atomic E-state index is 12.3. The van der Waals surface area contributed by atoms with E-state index < -0.39 is 12.1 Å². The van der Waals surface area contributed by atoms with Gasteiger partial charge >= 0.3 is 11.9 Å². The van der Waals surface area contributed by atoms with Gasteiger partial charge in [0.05, 0.1) is 18.6 Å². The van der Waals surface area contributed by atoms with Crippen LogP contribution in [0.4, 0.5) is 0 Å². The molecule has 2 rings (SSSR count). The van der Waals surface area contributed by atoms with Crippen molar-refractivity contribution < 1.29 is 23.9 Å². The third kappa shape index (κ3) is 5.68. The second kappa shape index (κ2) is 8.47. The van der Waals surface area contributed by atoms with Crippen LogP contribution in [-0.2, 0) is 25.6 Å². The SMILES string of the molecule is CCOC(=O)CC(OC(=O)c1ccc(CNC(C)=O)cc1)C1CC1. The lowest BCUT2D eigenvalue weighted by molar-refractivity contribution is -0.145. The first-order chi connectivity index (χ1) is 11.5. The van der Waals surface area contributed by atoms with E-state index in [0.717, 1.165) is 18.4 Å². The lowest BCUT2D eigenvalue weighted by Crippen LogP contribution is -2.25. The van der Waals surface area contributed by atoms with Crippen molar-refractivity contribution in [2.45, 2.75) is 45.8 Å². The van der Waals surface area contributed by atoms with E-state index in [1.54, 1.807) is 31.2 Å². The quantitative estimate of drug-likeness (QED) is 0.738. The molecule has 6 nitrogen and oxygen atoms in total. The molecule has 0 spiro atoms. The van der Waals surface area contributed by atoms with Crippen LogP contribution in [0, 0.1) is 5.92 Å². The van der Waals surface area contributed by atoms with Crippen molar-refractivity contribution in [3.8, 4) is 0 Å². The van der Waals surface area contributed by atoms with Crippen molar-refractivity contribution in [2.75, 3.05) is 6.61 Å². The van der Waals surface area contributed by atoms with Crippen molar-refractivity contribution in [3.63, 3.8) is 0 Å². The predicted octanol–water partition coefficient (Wildman–Crippen LogP) is 2.21. The fourth-order valence-electron chi connectivity index (χ4n) is 2.35. The minimum absolute atomic E-state index is 0.102. The fourth-order valence-corrected chi connectivity index (χ4v) is 2.35. The molecule has 0 heterocycles. The van der Waals surface area contributed by atoms with Gasteiger partial charge in [0.2, 0.25) is 5.91 Å². The average Bonchev–Trinajstić information content (AvgIpc) is 3.38. The van der Waals surface area contributed by atoms with E-state index in [2.05, 4.69) is 5.32 Å². The maximum atomic E-state index is 12.3. The lowest BCUT2D eigenvalue weighted by Gasteiger charge is -2.16. The highest BCUT2D eigenvalue weighted by molar-refractivity contribution is 5.89. The van der Waals surface area contributed by atoms with Crippen molar-refractivity contribution in [2.24, 2.45) is 5.92 Å². The third-order valence-electron chi connectivity index (χ3n) is 3.81. The van der Waals surface area contributed by atoms with Crippen LogP contribution in [0.15, 0.2) is 24.3 Å². The summed E-state index contributed by atoms with van der Waals surface area (Å²) in [5.41, 5.74) is 1.32. The molecule has 0 aliphatic heterocycles. The number of hydrogen-bond donors (Lipinski definition) is 1. The Morgan fingerprint density at radius 2 is 1.88 bits per heavy atom. The molecule has 0 bridgehead atoms. The molecule has 1 aliphatic rings. The average molecular weight is 333 g/mol. The van der Waals surface area contributed by atoms with Gasteiger partial charge in [-0.25, -0.2) is 4.79 Å². The summed E-state index contributed by atoms with van der Waals surface area (Å²) in [6, 6.07) is 6.86. The summed E-state index contributed by atoms with van der Waals surface area (Å²) in [4.78, 5) is 34.8. The van der Waals surface area contributed by atoms with E-state index in [1.807, 2.05) is 0 Å². The van der Waals surface area contributed by atoms with Crippen LogP contribution in [0.5, 0.6) is 0 Å². The van der Waals surface area contributed by atoms with E-state index in [0.29, 0.717) is 18.7 Å². The van der Waals surface area contributed by atoms with Crippen molar-refractivity contribution in [3.05, 3.63) is 35.4 Å². The molecule has 1 unspecified atom stereocenters. The van der Waals surface area contributed by atoms with Gasteiger partial charge in [0.15, 0.2) is 0 Å². The molecule has 130 valence electrons. The van der Waals surface area contributed by atoms with Gasteiger partial charge in [-0.1, -0.05) is 12.1 Å². The first kappa shape index (κ1) is 18.0. The Hall–Kier alpha value is -2.37. The molecule has 0 aromatic heterocycles. The highest BCUT2D eigenvalue weighted by Gasteiger charge is 2.36. The molecule has 1 aromatic carbocycles. The second-order valence-corrected chi connectivity index (χ2v) is 5.90. The van der Waals surface area contributed by atoms with Gasteiger partial charge in [-0.3, -0.25) is 9.59 Å². The van der Waals surface area contributed by atoms with Crippen LogP contribution in [-0.4, -0.2) is 30.6 Å². The topological polar surface area (TPSA) is 81.7 Å². The Morgan fingerprint density at radius 1 is 1.21 bits per heavy atom. The van der Waals surface area contributed by atoms with Crippen molar-refractivity contribution in [1.82, 2.24) is 5.32 Å². The molecule has 1 aliphatic carbocycles. The van der Waals surface area contributed by atoms with Crippen LogP contribution >= 0.6 is 0 Å². The fraction of sp³-hybridized carbons (Fsp3) is 0.500. The maximum Gasteiger partial charge on any atom is 0.338 e. The number of amides is 1. The lowest BCUT2D eigenvalue weighted by atomic mass is 10.1. The molecule has 6 heteroatoms. The normalized spacial score (nSPS) is 14.6. The molecule has 1 atom stereocenters. The zero-order valence-electron chi connectivity index (χ0n) is 14.0. The number of benzene rings is 1. The van der Waals surface area contributed by atoms with Gasteiger partial charge in [-0.05, 0) is 43.4 Å². The van der Waals surface area contributed by atoms with E-state index in [-0.39, 0.29) is 24.2 Å². The standard InChI is InChI=1S/C18H23NO5/c1-3-23-17(21)10-16(14-8-9-14)24-18(22)15-6-4-13(5-7-15)11-19-12(2)20/h4-7,14,16H,3,8-11H2,1-2H3,(H,19,20). The molecule has 1 saturated carbocycles.